The highest BCUT2D eigenvalue weighted by Gasteiger charge is 2.09. The standard InChI is InChI=1S/C34H34N4.C30H26N4.H2/c1-35-16-6-10-27-20-28(11-7-17-36-2)23-33(22-27)31-14-5-15-32(26-31)34-24-29(12-8-18-37-3)21-30(25-34)13-9-19-38-4;31-12-2-6-23-16-24(7-3-13-32)19-29(18-23)27-10-1-11-28(22-27)30-20-25(8-4-14-33)17-26(21-30)9-5-15-34;/h5,14-15,20-26,35-38H,16-19H2,1-4H3;1,10-11,16-22H,12-15,31-34H2;1H/i;;1+1. The maximum Gasteiger partial charge on any atom is 0.0577 e. The molecule has 0 radical (unpaired) electrons. The van der Waals surface area contributed by atoms with Gasteiger partial charge in [0.2, 0.25) is 0 Å². The van der Waals surface area contributed by atoms with E-state index in [1.54, 1.807) is 0 Å². The third kappa shape index (κ3) is 18.1. The minimum Gasteiger partial charge on any atom is -0.320 e. The molecule has 6 aromatic rings. The van der Waals surface area contributed by atoms with Crippen LogP contribution in [0.4, 0.5) is 0 Å². The first kappa shape index (κ1) is 54.4. The fourth-order valence-electron chi connectivity index (χ4n) is 7.06. The number of benzene rings is 6. The van der Waals surface area contributed by atoms with E-state index < -0.39 is 0 Å². The van der Waals surface area contributed by atoms with E-state index in [0.717, 1.165) is 89.0 Å². The largest absolute Gasteiger partial charge is 0.320 e. The molecule has 8 nitrogen and oxygen atoms in total. The van der Waals surface area contributed by atoms with Crippen LogP contribution in [0.25, 0.3) is 44.5 Å². The average Bonchev–Trinajstić information content (AvgIpc) is 3.41. The van der Waals surface area contributed by atoms with Crippen molar-refractivity contribution >= 4 is 0 Å². The molecule has 0 bridgehead atoms. The van der Waals surface area contributed by atoms with E-state index >= 15 is 0 Å². The highest BCUT2D eigenvalue weighted by Crippen LogP contribution is 2.31. The van der Waals surface area contributed by atoms with Crippen LogP contribution < -0.4 is 44.2 Å². The van der Waals surface area contributed by atoms with Gasteiger partial charge in [0.15, 0.2) is 0 Å². The second-order valence-electron chi connectivity index (χ2n) is 15.7. The minimum atomic E-state index is 0. The summed E-state index contributed by atoms with van der Waals surface area (Å²) in [5.74, 6) is 49.7. The second-order valence-corrected chi connectivity index (χ2v) is 15.7. The fourth-order valence-corrected chi connectivity index (χ4v) is 7.06. The van der Waals surface area contributed by atoms with Crippen LogP contribution in [0.5, 0.6) is 0 Å². The summed E-state index contributed by atoms with van der Waals surface area (Å²) in [7, 11) is 7.57. The Morgan fingerprint density at radius 3 is 0.653 bits per heavy atom. The summed E-state index contributed by atoms with van der Waals surface area (Å²) >= 11 is 0. The lowest BCUT2D eigenvalue weighted by Crippen LogP contribution is -2.04. The molecule has 0 spiro atoms. The van der Waals surface area contributed by atoms with Crippen molar-refractivity contribution in [2.75, 3.05) is 80.5 Å². The lowest BCUT2D eigenvalue weighted by Gasteiger charge is -2.09. The van der Waals surface area contributed by atoms with Gasteiger partial charge in [0, 0.05) is 45.9 Å². The van der Waals surface area contributed by atoms with Crippen LogP contribution in [0.3, 0.4) is 0 Å². The molecule has 6 aromatic carbocycles. The smallest absolute Gasteiger partial charge is 0.0577 e. The highest BCUT2D eigenvalue weighted by atomic mass is 14.8. The first-order valence-electron chi connectivity index (χ1n) is 23.4. The SMILES string of the molecule is CNCC#Cc1cc(C#CCNC)cc(-c2cccc(-c3cc(C#CCNC)cc(C#CCNC)c3)c2)c1.NCC#Cc1cc(C#CCN)cc(-c2cccc(-c3cc(C#CCN)cc(C#CCN)c3)c2)c1.[2HH]. The van der Waals surface area contributed by atoms with Crippen molar-refractivity contribution < 1.29 is 1.43 Å². The minimum absolute atomic E-state index is 0. The van der Waals surface area contributed by atoms with Gasteiger partial charge < -0.3 is 44.2 Å². The van der Waals surface area contributed by atoms with E-state index in [2.05, 4.69) is 183 Å². The van der Waals surface area contributed by atoms with Gasteiger partial charge in [-0.15, -0.1) is 0 Å². The molecule has 12 N–H and O–H groups in total. The number of rotatable bonds is 8. The normalized spacial score (nSPS) is 9.44. The predicted octanol–water partition coefficient (Wildman–Crippen LogP) is 5.81. The van der Waals surface area contributed by atoms with Crippen molar-refractivity contribution in [3.63, 3.8) is 0 Å². The van der Waals surface area contributed by atoms with Gasteiger partial charge in [-0.25, -0.2) is 0 Å². The van der Waals surface area contributed by atoms with E-state index in [0.29, 0.717) is 52.4 Å². The van der Waals surface area contributed by atoms with E-state index in [1.165, 1.54) is 0 Å². The number of nitrogens with one attached hydrogen (secondary N) is 4. The van der Waals surface area contributed by atoms with E-state index in [-0.39, 0.29) is 1.43 Å². The molecule has 72 heavy (non-hydrogen) atoms. The molecular formula is C64H62N8. The van der Waals surface area contributed by atoms with Crippen molar-refractivity contribution in [3.05, 3.63) is 166 Å². The summed E-state index contributed by atoms with van der Waals surface area (Å²) in [6.45, 7) is 3.71. The molecule has 0 unspecified atom stereocenters. The highest BCUT2D eigenvalue weighted by molar-refractivity contribution is 5.78. The van der Waals surface area contributed by atoms with Crippen LogP contribution in [0.1, 0.15) is 45.9 Å². The molecule has 0 saturated carbocycles. The number of hydrogen-bond donors (Lipinski definition) is 8. The Labute approximate surface area is 429 Å². The molecule has 0 aliphatic carbocycles. The Morgan fingerprint density at radius 2 is 0.472 bits per heavy atom. The van der Waals surface area contributed by atoms with Gasteiger partial charge in [0.05, 0.1) is 52.4 Å². The average molecular weight is 944 g/mol. The van der Waals surface area contributed by atoms with Crippen molar-refractivity contribution in [1.29, 1.82) is 0 Å². The molecule has 0 aromatic heterocycles. The zero-order chi connectivity index (χ0) is 51.2. The van der Waals surface area contributed by atoms with E-state index in [4.69, 9.17) is 22.9 Å². The summed E-state index contributed by atoms with van der Waals surface area (Å²) in [6, 6.07) is 41.4. The van der Waals surface area contributed by atoms with E-state index in [1.807, 2.05) is 82.8 Å². The maximum atomic E-state index is 5.56. The molecule has 0 amide bonds. The van der Waals surface area contributed by atoms with Crippen LogP contribution in [0.15, 0.2) is 121 Å². The first-order chi connectivity index (χ1) is 35.3. The lowest BCUT2D eigenvalue weighted by atomic mass is 9.95. The van der Waals surface area contributed by atoms with Crippen LogP contribution in [0.2, 0.25) is 0 Å². The summed E-state index contributed by atoms with van der Waals surface area (Å²) < 4.78 is 0. The van der Waals surface area contributed by atoms with Gasteiger partial charge in [-0.05, 0) is 158 Å². The molecule has 6 rings (SSSR count). The summed E-state index contributed by atoms with van der Waals surface area (Å²) in [5, 5.41) is 12.3. The molecule has 0 aliphatic heterocycles. The van der Waals surface area contributed by atoms with Crippen molar-refractivity contribution in [2.24, 2.45) is 22.9 Å². The molecular weight excluding hydrogens is 881 g/mol. The van der Waals surface area contributed by atoms with Gasteiger partial charge in [-0.1, -0.05) is 131 Å². The van der Waals surface area contributed by atoms with Gasteiger partial charge in [0.1, 0.15) is 0 Å². The first-order valence-corrected chi connectivity index (χ1v) is 23.4. The summed E-state index contributed by atoms with van der Waals surface area (Å²) in [5.41, 5.74) is 37.9. The fraction of sp³-hybridized carbons (Fsp3) is 0.188. The summed E-state index contributed by atoms with van der Waals surface area (Å²) in [4.78, 5) is 0. The molecule has 8 heteroatoms. The van der Waals surface area contributed by atoms with Gasteiger partial charge >= 0.3 is 0 Å². The Morgan fingerprint density at radius 1 is 0.278 bits per heavy atom. The zero-order valence-corrected chi connectivity index (χ0v) is 41.5. The molecule has 0 saturated heterocycles. The van der Waals surface area contributed by atoms with Gasteiger partial charge in [0.25, 0.3) is 0 Å². The molecule has 0 aliphatic rings. The van der Waals surface area contributed by atoms with Crippen molar-refractivity contribution in [1.82, 2.24) is 21.3 Å². The quantitative estimate of drug-likeness (QED) is 0.0892. The molecule has 0 fully saturated rings. The Bertz CT molecular complexity index is 2990. The van der Waals surface area contributed by atoms with Crippen LogP contribution in [-0.4, -0.2) is 80.5 Å². The topological polar surface area (TPSA) is 152 Å². The Kier molecular flexibility index (Phi) is 23.3. The van der Waals surface area contributed by atoms with E-state index in [9.17, 15) is 0 Å². The molecule has 0 heterocycles. The van der Waals surface area contributed by atoms with Crippen LogP contribution in [-0.2, 0) is 0 Å². The number of hydrogen-bond acceptors (Lipinski definition) is 8. The van der Waals surface area contributed by atoms with Crippen molar-refractivity contribution in [3.8, 4) is 139 Å². The zero-order valence-electron chi connectivity index (χ0n) is 41.5. The van der Waals surface area contributed by atoms with Gasteiger partial charge in [-0.3, -0.25) is 0 Å². The third-order valence-corrected chi connectivity index (χ3v) is 10.1. The number of nitrogens with two attached hydrogens (primary N) is 4. The van der Waals surface area contributed by atoms with Crippen LogP contribution in [0, 0.1) is 94.7 Å². The molecule has 0 atom stereocenters. The van der Waals surface area contributed by atoms with Gasteiger partial charge in [-0.2, -0.15) is 0 Å². The molecule has 358 valence electrons. The second kappa shape index (κ2) is 30.9. The Hall–Kier alpha value is -8.52. The van der Waals surface area contributed by atoms with Crippen LogP contribution >= 0.6 is 0 Å². The maximum absolute atomic E-state index is 5.56. The monoisotopic (exact) mass is 944 g/mol. The third-order valence-electron chi connectivity index (χ3n) is 10.1. The predicted molar refractivity (Wildman–Crippen MR) is 304 cm³/mol. The Balaban J connectivity index is 0.000000314. The summed E-state index contributed by atoms with van der Waals surface area (Å²) in [6.07, 6.45) is 0. The lowest BCUT2D eigenvalue weighted by molar-refractivity contribution is 0.938. The van der Waals surface area contributed by atoms with Crippen molar-refractivity contribution in [2.45, 2.75) is 0 Å².